The molecule has 2 amide bonds. The lowest BCUT2D eigenvalue weighted by Crippen LogP contribution is -2.54. The number of nitrogens with zero attached hydrogens (tertiary/aromatic N) is 2. The molecule has 1 aliphatic heterocycles. The van der Waals surface area contributed by atoms with Crippen molar-refractivity contribution in [2.24, 2.45) is 5.73 Å². The molecule has 0 unspecified atom stereocenters. The van der Waals surface area contributed by atoms with Crippen molar-refractivity contribution in [1.82, 2.24) is 14.6 Å². The highest BCUT2D eigenvalue weighted by atomic mass is 32.2. The Bertz CT molecular complexity index is 1000. The van der Waals surface area contributed by atoms with E-state index < -0.39 is 27.9 Å². The summed E-state index contributed by atoms with van der Waals surface area (Å²) >= 11 is 0. The lowest BCUT2D eigenvalue weighted by Gasteiger charge is -2.22. The number of carbonyl (C=O) groups is 2. The maximum absolute atomic E-state index is 13.0. The molecular formula is C19H22N4O5S. The summed E-state index contributed by atoms with van der Waals surface area (Å²) in [6.45, 7) is 0.925. The predicted octanol–water partition coefficient (Wildman–Crippen LogP) is 0.512. The number of para-hydroxylation sites is 1. The summed E-state index contributed by atoms with van der Waals surface area (Å²) in [6.07, 6.45) is 4.76. The number of hydrogen-bond acceptors (Lipinski definition) is 6. The molecule has 0 aliphatic carbocycles. The summed E-state index contributed by atoms with van der Waals surface area (Å²) in [5.74, 6) is -1.64. The first kappa shape index (κ1) is 20.7. The lowest BCUT2D eigenvalue weighted by molar-refractivity contribution is -0.136. The SMILES string of the molecule is COc1c(-c2cccnc2)cccc1S(=O)(=O)N[C@@H](C(N)=O)C(=O)N1CCCC1. The quantitative estimate of drug-likeness (QED) is 0.630. The van der Waals surface area contributed by atoms with E-state index in [1.54, 1.807) is 36.7 Å². The van der Waals surface area contributed by atoms with E-state index >= 15 is 0 Å². The minimum atomic E-state index is -4.30. The number of pyridine rings is 1. The van der Waals surface area contributed by atoms with E-state index in [2.05, 4.69) is 9.71 Å². The van der Waals surface area contributed by atoms with Crippen LogP contribution in [0, 0.1) is 0 Å². The van der Waals surface area contributed by atoms with Gasteiger partial charge in [0.05, 0.1) is 7.11 Å². The molecule has 3 rings (SSSR count). The number of rotatable bonds is 7. The van der Waals surface area contributed by atoms with Crippen molar-refractivity contribution < 1.29 is 22.7 Å². The zero-order valence-corrected chi connectivity index (χ0v) is 16.7. The van der Waals surface area contributed by atoms with Gasteiger partial charge < -0.3 is 15.4 Å². The number of ether oxygens (including phenoxy) is 1. The van der Waals surface area contributed by atoms with Crippen molar-refractivity contribution in [1.29, 1.82) is 0 Å². The smallest absolute Gasteiger partial charge is 0.250 e. The van der Waals surface area contributed by atoms with Crippen molar-refractivity contribution in [3.63, 3.8) is 0 Å². The fourth-order valence-corrected chi connectivity index (χ4v) is 4.61. The first-order chi connectivity index (χ1) is 13.8. The number of benzene rings is 1. The molecule has 0 radical (unpaired) electrons. The summed E-state index contributed by atoms with van der Waals surface area (Å²) < 4.78 is 33.6. The van der Waals surface area contributed by atoms with Gasteiger partial charge >= 0.3 is 0 Å². The van der Waals surface area contributed by atoms with Gasteiger partial charge in [-0.25, -0.2) is 8.42 Å². The van der Waals surface area contributed by atoms with Crippen LogP contribution in [-0.4, -0.2) is 56.4 Å². The van der Waals surface area contributed by atoms with Crippen LogP contribution in [0.2, 0.25) is 0 Å². The van der Waals surface area contributed by atoms with Crippen LogP contribution in [0.4, 0.5) is 0 Å². The average Bonchev–Trinajstić information content (AvgIpc) is 3.26. The van der Waals surface area contributed by atoms with Crippen molar-refractivity contribution in [3.05, 3.63) is 42.7 Å². The second-order valence-electron chi connectivity index (χ2n) is 6.57. The third-order valence-corrected chi connectivity index (χ3v) is 6.11. The fourth-order valence-electron chi connectivity index (χ4n) is 3.26. The Morgan fingerprint density at radius 1 is 1.21 bits per heavy atom. The molecule has 9 nitrogen and oxygen atoms in total. The van der Waals surface area contributed by atoms with E-state index in [1.807, 2.05) is 0 Å². The molecule has 1 atom stereocenters. The van der Waals surface area contributed by atoms with E-state index in [1.165, 1.54) is 18.1 Å². The van der Waals surface area contributed by atoms with E-state index in [-0.39, 0.29) is 10.6 Å². The minimum absolute atomic E-state index is 0.0739. The largest absolute Gasteiger partial charge is 0.495 e. The number of aromatic nitrogens is 1. The maximum Gasteiger partial charge on any atom is 0.250 e. The standard InChI is InChI=1S/C19H22N4O5S/c1-28-17-14(13-6-5-9-21-12-13)7-4-8-15(17)29(26,27)22-16(18(20)24)19(25)23-10-2-3-11-23/h4-9,12,16,22H,2-3,10-11H2,1H3,(H2,20,24)/t16-/m0/s1. The lowest BCUT2D eigenvalue weighted by atomic mass is 10.1. The molecule has 1 fully saturated rings. The molecular weight excluding hydrogens is 396 g/mol. The Hall–Kier alpha value is -2.98. The van der Waals surface area contributed by atoms with Crippen LogP contribution >= 0.6 is 0 Å². The zero-order chi connectivity index (χ0) is 21.0. The molecule has 0 spiro atoms. The van der Waals surface area contributed by atoms with Gasteiger partial charge in [0, 0.05) is 36.6 Å². The number of primary amides is 1. The predicted molar refractivity (Wildman–Crippen MR) is 105 cm³/mol. The third-order valence-electron chi connectivity index (χ3n) is 4.67. The van der Waals surface area contributed by atoms with Gasteiger partial charge in [0.15, 0.2) is 6.04 Å². The molecule has 0 bridgehead atoms. The topological polar surface area (TPSA) is 132 Å². The molecule has 1 aromatic carbocycles. The summed E-state index contributed by atoms with van der Waals surface area (Å²) in [5, 5.41) is 0. The molecule has 2 aromatic rings. The summed E-state index contributed by atoms with van der Waals surface area (Å²) in [6, 6.07) is 6.35. The van der Waals surface area contributed by atoms with Crippen molar-refractivity contribution >= 4 is 21.8 Å². The van der Waals surface area contributed by atoms with Gasteiger partial charge in [-0.3, -0.25) is 14.6 Å². The molecule has 0 saturated carbocycles. The summed E-state index contributed by atoms with van der Waals surface area (Å²) in [4.78, 5) is 29.7. The van der Waals surface area contributed by atoms with Gasteiger partial charge in [0.25, 0.3) is 0 Å². The first-order valence-electron chi connectivity index (χ1n) is 9.03. The molecule has 3 N–H and O–H groups in total. The molecule has 1 aliphatic rings. The Balaban J connectivity index is 1.98. The Kier molecular flexibility index (Phi) is 6.14. The van der Waals surface area contributed by atoms with Gasteiger partial charge in [-0.1, -0.05) is 18.2 Å². The third kappa shape index (κ3) is 4.38. The molecule has 154 valence electrons. The van der Waals surface area contributed by atoms with Crippen LogP contribution < -0.4 is 15.2 Å². The first-order valence-corrected chi connectivity index (χ1v) is 10.5. The van der Waals surface area contributed by atoms with Gasteiger partial charge in [-0.15, -0.1) is 0 Å². The van der Waals surface area contributed by atoms with Gasteiger partial charge in [0.2, 0.25) is 21.8 Å². The number of nitrogens with one attached hydrogen (secondary N) is 1. The molecule has 10 heteroatoms. The van der Waals surface area contributed by atoms with Crippen LogP contribution in [0.15, 0.2) is 47.6 Å². The number of nitrogens with two attached hydrogens (primary N) is 1. The highest BCUT2D eigenvalue weighted by Gasteiger charge is 2.35. The highest BCUT2D eigenvalue weighted by Crippen LogP contribution is 2.35. The summed E-state index contributed by atoms with van der Waals surface area (Å²) in [7, 11) is -2.95. The van der Waals surface area contributed by atoms with Crippen LogP contribution in [0.5, 0.6) is 5.75 Å². The molecule has 1 aromatic heterocycles. The number of likely N-dealkylation sites (tertiary alicyclic amines) is 1. The number of hydrogen-bond donors (Lipinski definition) is 2. The van der Waals surface area contributed by atoms with E-state index in [0.29, 0.717) is 24.2 Å². The molecule has 2 heterocycles. The summed E-state index contributed by atoms with van der Waals surface area (Å²) in [5.41, 5.74) is 6.49. The van der Waals surface area contributed by atoms with Crippen LogP contribution in [0.3, 0.4) is 0 Å². The van der Waals surface area contributed by atoms with Gasteiger partial charge in [0.1, 0.15) is 10.6 Å². The van der Waals surface area contributed by atoms with Gasteiger partial charge in [-0.2, -0.15) is 4.72 Å². The molecule has 29 heavy (non-hydrogen) atoms. The minimum Gasteiger partial charge on any atom is -0.495 e. The van der Waals surface area contributed by atoms with Crippen molar-refractivity contribution in [3.8, 4) is 16.9 Å². The van der Waals surface area contributed by atoms with Gasteiger partial charge in [-0.05, 0) is 25.0 Å². The van der Waals surface area contributed by atoms with E-state index in [0.717, 1.165) is 12.8 Å². The Morgan fingerprint density at radius 3 is 2.52 bits per heavy atom. The van der Waals surface area contributed by atoms with E-state index in [4.69, 9.17) is 10.5 Å². The monoisotopic (exact) mass is 418 g/mol. The Morgan fingerprint density at radius 2 is 1.93 bits per heavy atom. The Labute approximate surface area is 168 Å². The van der Waals surface area contributed by atoms with Crippen LogP contribution in [-0.2, 0) is 19.6 Å². The second-order valence-corrected chi connectivity index (χ2v) is 8.25. The zero-order valence-electron chi connectivity index (χ0n) is 15.9. The number of amides is 2. The number of sulfonamides is 1. The number of carbonyl (C=O) groups excluding carboxylic acids is 2. The van der Waals surface area contributed by atoms with Crippen LogP contribution in [0.25, 0.3) is 11.1 Å². The van der Waals surface area contributed by atoms with Crippen molar-refractivity contribution in [2.75, 3.05) is 20.2 Å². The van der Waals surface area contributed by atoms with Crippen LogP contribution in [0.1, 0.15) is 12.8 Å². The number of methoxy groups -OCH3 is 1. The average molecular weight is 418 g/mol. The van der Waals surface area contributed by atoms with Crippen molar-refractivity contribution in [2.45, 2.75) is 23.8 Å². The van der Waals surface area contributed by atoms with E-state index in [9.17, 15) is 18.0 Å². The second kappa shape index (κ2) is 8.58. The maximum atomic E-state index is 13.0. The highest BCUT2D eigenvalue weighted by molar-refractivity contribution is 7.89. The normalized spacial score (nSPS) is 15.1. The fraction of sp³-hybridized carbons (Fsp3) is 0.316. The molecule has 1 saturated heterocycles.